The van der Waals surface area contributed by atoms with Gasteiger partial charge in [0.2, 0.25) is 0 Å². The number of aliphatic carboxylic acids is 1. The molecule has 0 radical (unpaired) electrons. The van der Waals surface area contributed by atoms with E-state index in [9.17, 15) is 9.59 Å². The summed E-state index contributed by atoms with van der Waals surface area (Å²) in [6.45, 7) is 4.69. The number of amides is 2. The fourth-order valence-corrected chi connectivity index (χ4v) is 1.87. The Kier molecular flexibility index (Phi) is 4.58. The molecule has 2 atom stereocenters. The molecule has 2 amide bonds. The van der Waals surface area contributed by atoms with E-state index in [1.54, 1.807) is 0 Å². The largest absolute Gasteiger partial charge is 0.481 e. The molecule has 1 rings (SSSR count). The van der Waals surface area contributed by atoms with Gasteiger partial charge in [0.1, 0.15) is 0 Å². The van der Waals surface area contributed by atoms with Crippen LogP contribution >= 0.6 is 0 Å². The van der Waals surface area contributed by atoms with Gasteiger partial charge in [-0.15, -0.1) is 0 Å². The molecule has 0 aromatic heterocycles. The molecule has 0 aliphatic heterocycles. The van der Waals surface area contributed by atoms with Crippen LogP contribution in [-0.4, -0.2) is 29.7 Å². The lowest BCUT2D eigenvalue weighted by Crippen LogP contribution is -2.42. The van der Waals surface area contributed by atoms with Crippen molar-refractivity contribution in [3.05, 3.63) is 0 Å². The van der Waals surface area contributed by atoms with Gasteiger partial charge in [0.05, 0.1) is 5.92 Å². The van der Waals surface area contributed by atoms with E-state index >= 15 is 0 Å². The van der Waals surface area contributed by atoms with E-state index < -0.39 is 5.97 Å². The normalized spacial score (nSPS) is 24.4. The van der Waals surface area contributed by atoms with Crippen LogP contribution in [-0.2, 0) is 4.79 Å². The molecule has 5 nitrogen and oxygen atoms in total. The number of carboxylic acid groups (broad SMARTS) is 1. The first-order chi connectivity index (χ1) is 7.49. The first-order valence-electron chi connectivity index (χ1n) is 5.76. The maximum Gasteiger partial charge on any atom is 0.315 e. The van der Waals surface area contributed by atoms with E-state index in [0.717, 1.165) is 6.42 Å². The average molecular weight is 228 g/mol. The van der Waals surface area contributed by atoms with Crippen LogP contribution in [0.2, 0.25) is 0 Å². The summed E-state index contributed by atoms with van der Waals surface area (Å²) in [5, 5.41) is 14.4. The van der Waals surface area contributed by atoms with E-state index in [0.29, 0.717) is 25.3 Å². The predicted octanol–water partition coefficient (Wildman–Crippen LogP) is 1.19. The quantitative estimate of drug-likeness (QED) is 0.676. The average Bonchev–Trinajstić information content (AvgIpc) is 2.63. The summed E-state index contributed by atoms with van der Waals surface area (Å²) in [6, 6.07) is -0.182. The maximum atomic E-state index is 11.4. The van der Waals surface area contributed by atoms with Gasteiger partial charge in [0.15, 0.2) is 0 Å². The highest BCUT2D eigenvalue weighted by Crippen LogP contribution is 2.25. The Labute approximate surface area is 95.6 Å². The molecular weight excluding hydrogens is 208 g/mol. The van der Waals surface area contributed by atoms with E-state index in [1.165, 1.54) is 0 Å². The Morgan fingerprint density at radius 3 is 2.56 bits per heavy atom. The highest BCUT2D eigenvalue weighted by molar-refractivity contribution is 5.75. The Morgan fingerprint density at radius 1 is 1.38 bits per heavy atom. The first kappa shape index (κ1) is 12.8. The number of nitrogens with one attached hydrogen (secondary N) is 2. The molecule has 1 saturated carbocycles. The molecule has 1 aliphatic rings. The minimum Gasteiger partial charge on any atom is -0.481 e. The Bertz CT molecular complexity index is 266. The number of carbonyl (C=O) groups excluding carboxylic acids is 1. The lowest BCUT2D eigenvalue weighted by Gasteiger charge is -2.14. The third-order valence-electron chi connectivity index (χ3n) is 2.79. The second-order valence-electron chi connectivity index (χ2n) is 4.79. The van der Waals surface area contributed by atoms with Gasteiger partial charge >= 0.3 is 12.0 Å². The molecule has 0 bridgehead atoms. The molecule has 16 heavy (non-hydrogen) atoms. The summed E-state index contributed by atoms with van der Waals surface area (Å²) in [5.41, 5.74) is 0. The number of urea groups is 1. The maximum absolute atomic E-state index is 11.4. The molecule has 0 aromatic carbocycles. The van der Waals surface area contributed by atoms with Gasteiger partial charge in [0, 0.05) is 12.6 Å². The summed E-state index contributed by atoms with van der Waals surface area (Å²) in [5.74, 6) is -0.636. The molecule has 5 heteroatoms. The van der Waals surface area contributed by atoms with Gasteiger partial charge in [-0.3, -0.25) is 4.79 Å². The van der Waals surface area contributed by atoms with E-state index in [2.05, 4.69) is 10.6 Å². The third kappa shape index (κ3) is 4.08. The first-order valence-corrected chi connectivity index (χ1v) is 5.76. The summed E-state index contributed by atoms with van der Waals surface area (Å²) in [4.78, 5) is 22.1. The zero-order valence-corrected chi connectivity index (χ0v) is 9.82. The van der Waals surface area contributed by atoms with Gasteiger partial charge in [-0.05, 0) is 25.2 Å². The van der Waals surface area contributed by atoms with Crippen molar-refractivity contribution in [3.8, 4) is 0 Å². The minimum atomic E-state index is -0.758. The number of hydrogen-bond acceptors (Lipinski definition) is 2. The van der Waals surface area contributed by atoms with Crippen molar-refractivity contribution in [1.82, 2.24) is 10.6 Å². The van der Waals surface area contributed by atoms with Crippen LogP contribution in [0.15, 0.2) is 0 Å². The zero-order chi connectivity index (χ0) is 12.1. The van der Waals surface area contributed by atoms with E-state index in [1.807, 2.05) is 13.8 Å². The molecule has 0 spiro atoms. The molecule has 0 heterocycles. The smallest absolute Gasteiger partial charge is 0.315 e. The lowest BCUT2D eigenvalue weighted by molar-refractivity contribution is -0.141. The topological polar surface area (TPSA) is 78.4 Å². The van der Waals surface area contributed by atoms with Crippen LogP contribution in [0.3, 0.4) is 0 Å². The molecule has 0 aromatic rings. The van der Waals surface area contributed by atoms with Crippen LogP contribution in [0, 0.1) is 11.8 Å². The van der Waals surface area contributed by atoms with Crippen molar-refractivity contribution >= 4 is 12.0 Å². The Balaban J connectivity index is 2.23. The number of carbonyl (C=O) groups is 2. The van der Waals surface area contributed by atoms with Gasteiger partial charge in [0.25, 0.3) is 0 Å². The molecule has 1 aliphatic carbocycles. The van der Waals surface area contributed by atoms with Gasteiger partial charge in [-0.1, -0.05) is 13.8 Å². The van der Waals surface area contributed by atoms with Crippen molar-refractivity contribution in [2.45, 2.75) is 39.2 Å². The second kappa shape index (κ2) is 5.72. The van der Waals surface area contributed by atoms with E-state index in [-0.39, 0.29) is 18.0 Å². The van der Waals surface area contributed by atoms with E-state index in [4.69, 9.17) is 5.11 Å². The molecule has 1 fully saturated rings. The number of hydrogen-bond donors (Lipinski definition) is 3. The number of carboxylic acids is 1. The molecule has 0 saturated heterocycles. The van der Waals surface area contributed by atoms with Crippen LogP contribution in [0.25, 0.3) is 0 Å². The monoisotopic (exact) mass is 228 g/mol. The second-order valence-corrected chi connectivity index (χ2v) is 4.79. The van der Waals surface area contributed by atoms with Gasteiger partial charge < -0.3 is 15.7 Å². The summed E-state index contributed by atoms with van der Waals surface area (Å²) >= 11 is 0. The molecule has 3 N–H and O–H groups in total. The zero-order valence-electron chi connectivity index (χ0n) is 9.82. The highest BCUT2D eigenvalue weighted by atomic mass is 16.4. The van der Waals surface area contributed by atoms with Crippen LogP contribution in [0.1, 0.15) is 33.1 Å². The summed E-state index contributed by atoms with van der Waals surface area (Å²) in [6.07, 6.45) is 1.96. The molecule has 92 valence electrons. The Hall–Kier alpha value is -1.26. The summed E-state index contributed by atoms with van der Waals surface area (Å²) in [7, 11) is 0. The van der Waals surface area contributed by atoms with Crippen LogP contribution in [0.5, 0.6) is 0 Å². The standard InChI is InChI=1S/C11H20N2O3/c1-7(2)6-12-11(16)13-9-4-3-8(5-9)10(14)15/h7-9H,3-6H2,1-2H3,(H,14,15)(H2,12,13,16)/t8-,9+/m1/s1. The van der Waals surface area contributed by atoms with Crippen molar-refractivity contribution in [1.29, 1.82) is 0 Å². The van der Waals surface area contributed by atoms with Crippen molar-refractivity contribution in [3.63, 3.8) is 0 Å². The minimum absolute atomic E-state index is 0.00765. The molecule has 0 unspecified atom stereocenters. The van der Waals surface area contributed by atoms with Gasteiger partial charge in [-0.25, -0.2) is 4.79 Å². The Morgan fingerprint density at radius 2 is 2.06 bits per heavy atom. The SMILES string of the molecule is CC(C)CNC(=O)N[C@H]1CC[C@@H](C(=O)O)C1. The molecular formula is C11H20N2O3. The van der Waals surface area contributed by atoms with Gasteiger partial charge in [-0.2, -0.15) is 0 Å². The summed E-state index contributed by atoms with van der Waals surface area (Å²) < 4.78 is 0. The fourth-order valence-electron chi connectivity index (χ4n) is 1.87. The predicted molar refractivity (Wildman–Crippen MR) is 60.1 cm³/mol. The lowest BCUT2D eigenvalue weighted by atomic mass is 10.1. The van der Waals surface area contributed by atoms with Crippen molar-refractivity contribution in [2.24, 2.45) is 11.8 Å². The van der Waals surface area contributed by atoms with Crippen LogP contribution < -0.4 is 10.6 Å². The fraction of sp³-hybridized carbons (Fsp3) is 0.818. The number of rotatable bonds is 4. The highest BCUT2D eigenvalue weighted by Gasteiger charge is 2.30. The van der Waals surface area contributed by atoms with Crippen LogP contribution in [0.4, 0.5) is 4.79 Å². The third-order valence-corrected chi connectivity index (χ3v) is 2.79. The van der Waals surface area contributed by atoms with Crippen molar-refractivity contribution in [2.75, 3.05) is 6.54 Å². The van der Waals surface area contributed by atoms with Crippen molar-refractivity contribution < 1.29 is 14.7 Å².